The van der Waals surface area contributed by atoms with Crippen molar-refractivity contribution in [2.75, 3.05) is 11.9 Å². The number of carbonyl (C=O) groups is 1. The van der Waals surface area contributed by atoms with E-state index in [4.69, 9.17) is 0 Å². The van der Waals surface area contributed by atoms with Crippen LogP contribution in [0.4, 0.5) is 5.69 Å². The zero-order chi connectivity index (χ0) is 12.3. The largest absolute Gasteiger partial charge is 0.384 e. The van der Waals surface area contributed by atoms with Crippen molar-refractivity contribution >= 4 is 11.5 Å². The average molecular weight is 231 g/mol. The molecule has 92 valence electrons. The van der Waals surface area contributed by atoms with Crippen molar-refractivity contribution in [1.82, 2.24) is 0 Å². The number of ketones is 1. The van der Waals surface area contributed by atoms with E-state index in [1.165, 1.54) is 0 Å². The van der Waals surface area contributed by atoms with E-state index in [2.05, 4.69) is 19.2 Å². The Morgan fingerprint density at radius 3 is 2.65 bits per heavy atom. The number of anilines is 1. The van der Waals surface area contributed by atoms with Crippen molar-refractivity contribution in [2.45, 2.75) is 33.1 Å². The van der Waals surface area contributed by atoms with Gasteiger partial charge < -0.3 is 5.32 Å². The second-order valence-electron chi connectivity index (χ2n) is 5.61. The molecule has 1 fully saturated rings. The monoisotopic (exact) mass is 231 g/mol. The van der Waals surface area contributed by atoms with Gasteiger partial charge in [-0.25, -0.2) is 0 Å². The summed E-state index contributed by atoms with van der Waals surface area (Å²) in [6.45, 7) is 5.18. The summed E-state index contributed by atoms with van der Waals surface area (Å²) in [5.41, 5.74) is 1.23. The first kappa shape index (κ1) is 12.2. The van der Waals surface area contributed by atoms with Crippen molar-refractivity contribution in [3.05, 3.63) is 30.3 Å². The van der Waals surface area contributed by atoms with Crippen molar-refractivity contribution in [2.24, 2.45) is 11.3 Å². The van der Waals surface area contributed by atoms with Gasteiger partial charge >= 0.3 is 0 Å². The highest BCUT2D eigenvalue weighted by atomic mass is 16.1. The minimum absolute atomic E-state index is 0.136. The zero-order valence-corrected chi connectivity index (χ0v) is 10.7. The molecular weight excluding hydrogens is 210 g/mol. The van der Waals surface area contributed by atoms with E-state index < -0.39 is 0 Å². The molecule has 1 saturated carbocycles. The Morgan fingerprint density at radius 1 is 1.29 bits per heavy atom. The molecule has 1 N–H and O–H groups in total. The van der Waals surface area contributed by atoms with Crippen molar-refractivity contribution in [1.29, 1.82) is 0 Å². The van der Waals surface area contributed by atoms with E-state index in [0.717, 1.165) is 31.5 Å². The van der Waals surface area contributed by atoms with Crippen LogP contribution in [-0.4, -0.2) is 12.3 Å². The number of nitrogens with one attached hydrogen (secondary N) is 1. The Kier molecular flexibility index (Phi) is 3.51. The molecule has 0 spiro atoms. The first-order valence-electron chi connectivity index (χ1n) is 6.41. The van der Waals surface area contributed by atoms with Crippen molar-refractivity contribution in [3.63, 3.8) is 0 Å². The molecule has 1 aromatic rings. The molecule has 0 bridgehead atoms. The third-order valence-corrected chi connectivity index (χ3v) is 3.86. The summed E-state index contributed by atoms with van der Waals surface area (Å²) in [6.07, 6.45) is 2.96. The lowest BCUT2D eigenvalue weighted by molar-refractivity contribution is -0.128. The quantitative estimate of drug-likeness (QED) is 0.862. The highest BCUT2D eigenvalue weighted by Gasteiger charge is 2.37. The third-order valence-electron chi connectivity index (χ3n) is 3.86. The number of rotatable bonds is 3. The van der Waals surface area contributed by atoms with Gasteiger partial charge in [-0.3, -0.25) is 4.79 Å². The van der Waals surface area contributed by atoms with Crippen LogP contribution in [0.5, 0.6) is 0 Å². The van der Waals surface area contributed by atoms with Gasteiger partial charge in [0.2, 0.25) is 0 Å². The predicted octanol–water partition coefficient (Wildman–Crippen LogP) is 3.49. The predicted molar refractivity (Wildman–Crippen MR) is 71.1 cm³/mol. The molecule has 1 aliphatic carbocycles. The number of benzene rings is 1. The zero-order valence-electron chi connectivity index (χ0n) is 10.7. The molecule has 1 aliphatic rings. The van der Waals surface area contributed by atoms with E-state index >= 15 is 0 Å². The minimum atomic E-state index is 0.136. The van der Waals surface area contributed by atoms with Crippen LogP contribution in [0.2, 0.25) is 0 Å². The lowest BCUT2D eigenvalue weighted by Gasteiger charge is -2.37. The maximum absolute atomic E-state index is 12.0. The molecule has 0 heterocycles. The molecule has 1 atom stereocenters. The molecule has 0 unspecified atom stereocenters. The maximum Gasteiger partial charge on any atom is 0.138 e. The van der Waals surface area contributed by atoms with Gasteiger partial charge in [-0.1, -0.05) is 32.0 Å². The Hall–Kier alpha value is -1.31. The second kappa shape index (κ2) is 4.91. The lowest BCUT2D eigenvalue weighted by Crippen LogP contribution is -2.39. The van der Waals surface area contributed by atoms with Crippen LogP contribution in [0.1, 0.15) is 33.1 Å². The van der Waals surface area contributed by atoms with Crippen LogP contribution >= 0.6 is 0 Å². The molecule has 0 aromatic heterocycles. The van der Waals surface area contributed by atoms with Crippen LogP contribution < -0.4 is 5.32 Å². The van der Waals surface area contributed by atoms with E-state index in [9.17, 15) is 4.79 Å². The van der Waals surface area contributed by atoms with E-state index in [0.29, 0.717) is 5.78 Å². The normalized spacial score (nSPS) is 23.4. The Balaban J connectivity index is 1.99. The Bertz CT molecular complexity index is 383. The van der Waals surface area contributed by atoms with Gasteiger partial charge in [0.15, 0.2) is 0 Å². The average Bonchev–Trinajstić information content (AvgIpc) is 2.29. The molecule has 0 saturated heterocycles. The van der Waals surface area contributed by atoms with Gasteiger partial charge in [0.1, 0.15) is 5.78 Å². The molecule has 0 amide bonds. The third kappa shape index (κ3) is 2.87. The summed E-state index contributed by atoms with van der Waals surface area (Å²) in [4.78, 5) is 12.0. The first-order valence-corrected chi connectivity index (χ1v) is 6.41. The fourth-order valence-corrected chi connectivity index (χ4v) is 2.67. The highest BCUT2D eigenvalue weighted by molar-refractivity contribution is 5.83. The van der Waals surface area contributed by atoms with Gasteiger partial charge in [0.05, 0.1) is 0 Å². The molecule has 17 heavy (non-hydrogen) atoms. The molecule has 0 radical (unpaired) electrons. The summed E-state index contributed by atoms with van der Waals surface area (Å²) in [5.74, 6) is 0.570. The van der Waals surface area contributed by atoms with Gasteiger partial charge in [-0.05, 0) is 30.4 Å². The van der Waals surface area contributed by atoms with Crippen molar-refractivity contribution in [3.8, 4) is 0 Å². The summed E-state index contributed by atoms with van der Waals surface area (Å²) in [6, 6.07) is 10.1. The van der Waals surface area contributed by atoms with E-state index in [1.54, 1.807) is 0 Å². The van der Waals surface area contributed by atoms with Crippen LogP contribution in [0.25, 0.3) is 0 Å². The van der Waals surface area contributed by atoms with E-state index in [-0.39, 0.29) is 11.3 Å². The number of carbonyl (C=O) groups excluding carboxylic acids is 1. The Labute approximate surface area is 103 Å². The number of hydrogen-bond acceptors (Lipinski definition) is 2. The van der Waals surface area contributed by atoms with E-state index in [1.807, 2.05) is 30.3 Å². The van der Waals surface area contributed by atoms with Gasteiger partial charge in [-0.15, -0.1) is 0 Å². The minimum Gasteiger partial charge on any atom is -0.384 e. The van der Waals surface area contributed by atoms with Crippen LogP contribution in [-0.2, 0) is 4.79 Å². The number of Topliss-reactive ketones (excluding diaryl/α,β-unsaturated/α-hetero) is 1. The smallest absolute Gasteiger partial charge is 0.138 e. The van der Waals surface area contributed by atoms with Gasteiger partial charge in [0.25, 0.3) is 0 Å². The fourth-order valence-electron chi connectivity index (χ4n) is 2.67. The standard InChI is InChI=1S/C15H21NO/c1-15(2)10-6-9-14(17)13(15)11-16-12-7-4-3-5-8-12/h3-5,7-8,13,16H,6,9-11H2,1-2H3/t13-/m0/s1. The molecule has 1 aromatic carbocycles. The van der Waals surface area contributed by atoms with Gasteiger partial charge in [0, 0.05) is 24.6 Å². The fraction of sp³-hybridized carbons (Fsp3) is 0.533. The molecule has 0 aliphatic heterocycles. The SMILES string of the molecule is CC1(C)CCCC(=O)[C@@H]1CNc1ccccc1. The van der Waals surface area contributed by atoms with Crippen molar-refractivity contribution < 1.29 is 4.79 Å². The number of para-hydroxylation sites is 1. The molecule has 2 heteroatoms. The molecular formula is C15H21NO. The van der Waals surface area contributed by atoms with Gasteiger partial charge in [-0.2, -0.15) is 0 Å². The first-order chi connectivity index (χ1) is 8.09. The molecule has 2 rings (SSSR count). The molecule has 2 nitrogen and oxygen atoms in total. The second-order valence-corrected chi connectivity index (χ2v) is 5.61. The topological polar surface area (TPSA) is 29.1 Å². The number of hydrogen-bond donors (Lipinski definition) is 1. The van der Waals surface area contributed by atoms with Crippen LogP contribution in [0.15, 0.2) is 30.3 Å². The van der Waals surface area contributed by atoms with Crippen LogP contribution in [0, 0.1) is 11.3 Å². The summed E-state index contributed by atoms with van der Waals surface area (Å²) < 4.78 is 0. The maximum atomic E-state index is 12.0. The summed E-state index contributed by atoms with van der Waals surface area (Å²) in [7, 11) is 0. The summed E-state index contributed by atoms with van der Waals surface area (Å²) in [5, 5.41) is 3.38. The lowest BCUT2D eigenvalue weighted by atomic mass is 9.68. The summed E-state index contributed by atoms with van der Waals surface area (Å²) >= 11 is 0. The Morgan fingerprint density at radius 2 is 2.00 bits per heavy atom. The van der Waals surface area contributed by atoms with Crippen LogP contribution in [0.3, 0.4) is 0 Å². The highest BCUT2D eigenvalue weighted by Crippen LogP contribution is 2.38.